The number of hydrogen-bond donors (Lipinski definition) is 0. The fraction of sp³-hybridized carbons (Fsp3) is 0.143. The Labute approximate surface area is 165 Å². The second-order valence-electron chi connectivity index (χ2n) is 5.83. The molecule has 0 aliphatic heterocycles. The minimum atomic E-state index is -0.666. The number of aldehydes is 1. The van der Waals surface area contributed by atoms with Crippen LogP contribution >= 0.6 is 0 Å². The van der Waals surface area contributed by atoms with E-state index < -0.39 is 11.6 Å². The Balaban J connectivity index is 1.97. The van der Waals surface area contributed by atoms with E-state index in [-0.39, 0.29) is 29.2 Å². The first kappa shape index (κ1) is 19.8. The number of esters is 1. The van der Waals surface area contributed by atoms with Crippen LogP contribution in [0, 0.1) is 0 Å². The summed E-state index contributed by atoms with van der Waals surface area (Å²) in [5.41, 5.74) is 0.753. The standard InChI is InChI=1S/C21H17NO7/c1-26-21(25)19(22-27-2)15-6-4-3-5-14(15)12-28-17-9-7-13-8-10-18(24)29-20(13)16(17)11-23/h3-11H,12H2,1-2H3. The van der Waals surface area contributed by atoms with E-state index in [4.69, 9.17) is 18.7 Å². The van der Waals surface area contributed by atoms with Gasteiger partial charge < -0.3 is 18.7 Å². The van der Waals surface area contributed by atoms with Gasteiger partial charge in [-0.05, 0) is 23.8 Å². The van der Waals surface area contributed by atoms with E-state index in [1.807, 2.05) is 0 Å². The zero-order chi connectivity index (χ0) is 20.8. The van der Waals surface area contributed by atoms with Gasteiger partial charge in [0, 0.05) is 17.0 Å². The molecule has 148 valence electrons. The lowest BCUT2D eigenvalue weighted by atomic mass is 10.0. The van der Waals surface area contributed by atoms with Gasteiger partial charge in [0.2, 0.25) is 0 Å². The summed E-state index contributed by atoms with van der Waals surface area (Å²) >= 11 is 0. The number of fused-ring (bicyclic) bond motifs is 1. The lowest BCUT2D eigenvalue weighted by molar-refractivity contribution is -0.132. The molecule has 0 atom stereocenters. The second-order valence-corrected chi connectivity index (χ2v) is 5.83. The Morgan fingerprint density at radius 1 is 1.10 bits per heavy atom. The number of methoxy groups -OCH3 is 1. The Morgan fingerprint density at radius 3 is 2.59 bits per heavy atom. The van der Waals surface area contributed by atoms with Crippen LogP contribution in [0.15, 0.2) is 62.9 Å². The molecule has 0 saturated heterocycles. The third-order valence-electron chi connectivity index (χ3n) is 4.12. The van der Waals surface area contributed by atoms with Gasteiger partial charge in [0.15, 0.2) is 17.6 Å². The minimum absolute atomic E-state index is 0.0132. The second kappa shape index (κ2) is 8.83. The van der Waals surface area contributed by atoms with Crippen molar-refractivity contribution in [2.24, 2.45) is 5.16 Å². The topological polar surface area (TPSA) is 104 Å². The first-order valence-corrected chi connectivity index (χ1v) is 8.51. The van der Waals surface area contributed by atoms with Crippen LogP contribution in [0.25, 0.3) is 11.0 Å². The molecule has 0 aliphatic rings. The predicted molar refractivity (Wildman–Crippen MR) is 104 cm³/mol. The van der Waals surface area contributed by atoms with Crippen molar-refractivity contribution in [3.05, 3.63) is 75.6 Å². The van der Waals surface area contributed by atoms with Crippen LogP contribution in [0.4, 0.5) is 0 Å². The van der Waals surface area contributed by atoms with Crippen LogP contribution in [0.3, 0.4) is 0 Å². The molecule has 0 unspecified atom stereocenters. The molecule has 0 spiro atoms. The van der Waals surface area contributed by atoms with Gasteiger partial charge in [-0.25, -0.2) is 9.59 Å². The van der Waals surface area contributed by atoms with Crippen molar-refractivity contribution < 1.29 is 28.3 Å². The molecule has 8 heteroatoms. The van der Waals surface area contributed by atoms with Crippen LogP contribution in [-0.4, -0.2) is 32.2 Å². The molecule has 0 bridgehead atoms. The quantitative estimate of drug-likeness (QED) is 0.199. The van der Waals surface area contributed by atoms with E-state index in [0.717, 1.165) is 0 Å². The zero-order valence-electron chi connectivity index (χ0n) is 15.7. The molecule has 3 aromatic rings. The molecule has 0 fully saturated rings. The third kappa shape index (κ3) is 4.16. The Hall–Kier alpha value is -3.94. The van der Waals surface area contributed by atoms with Gasteiger partial charge in [0.25, 0.3) is 0 Å². The summed E-state index contributed by atoms with van der Waals surface area (Å²) in [4.78, 5) is 39.9. The first-order chi connectivity index (χ1) is 14.1. The highest BCUT2D eigenvalue weighted by Gasteiger charge is 2.20. The van der Waals surface area contributed by atoms with Crippen molar-refractivity contribution in [1.82, 2.24) is 0 Å². The molecule has 29 heavy (non-hydrogen) atoms. The van der Waals surface area contributed by atoms with E-state index in [1.54, 1.807) is 42.5 Å². The van der Waals surface area contributed by atoms with Crippen LogP contribution in [0.5, 0.6) is 5.75 Å². The largest absolute Gasteiger partial charge is 0.488 e. The van der Waals surface area contributed by atoms with Gasteiger partial charge in [0.05, 0.1) is 12.7 Å². The molecule has 1 heterocycles. The van der Waals surface area contributed by atoms with Crippen LogP contribution in [0.1, 0.15) is 21.5 Å². The number of oxime groups is 1. The molecule has 0 amide bonds. The SMILES string of the molecule is CON=C(C(=O)OC)c1ccccc1COc1ccc2ccc(=O)oc2c1C=O. The average Bonchev–Trinajstić information content (AvgIpc) is 2.75. The maximum atomic E-state index is 12.0. The van der Waals surface area contributed by atoms with Gasteiger partial charge >= 0.3 is 11.6 Å². The fourth-order valence-corrected chi connectivity index (χ4v) is 2.79. The van der Waals surface area contributed by atoms with Crippen molar-refractivity contribution in [3.63, 3.8) is 0 Å². The van der Waals surface area contributed by atoms with Crippen LogP contribution in [0.2, 0.25) is 0 Å². The maximum Gasteiger partial charge on any atom is 0.360 e. The highest BCUT2D eigenvalue weighted by molar-refractivity contribution is 6.43. The Morgan fingerprint density at radius 2 is 1.86 bits per heavy atom. The fourth-order valence-electron chi connectivity index (χ4n) is 2.79. The number of benzene rings is 2. The molecule has 3 rings (SSSR count). The van der Waals surface area contributed by atoms with Crippen molar-refractivity contribution in [2.75, 3.05) is 14.2 Å². The Kier molecular flexibility index (Phi) is 6.03. The lowest BCUT2D eigenvalue weighted by Gasteiger charge is -2.13. The van der Waals surface area contributed by atoms with Crippen molar-refractivity contribution >= 4 is 28.9 Å². The molecule has 0 saturated carbocycles. The molecular weight excluding hydrogens is 378 g/mol. The highest BCUT2D eigenvalue weighted by Crippen LogP contribution is 2.27. The molecule has 1 aromatic heterocycles. The van der Waals surface area contributed by atoms with Gasteiger partial charge in [-0.2, -0.15) is 0 Å². The maximum absolute atomic E-state index is 12.0. The smallest absolute Gasteiger partial charge is 0.360 e. The molecule has 0 aliphatic carbocycles. The number of ether oxygens (including phenoxy) is 2. The third-order valence-corrected chi connectivity index (χ3v) is 4.12. The van der Waals surface area contributed by atoms with E-state index in [9.17, 15) is 14.4 Å². The van der Waals surface area contributed by atoms with Gasteiger partial charge in [-0.3, -0.25) is 4.79 Å². The van der Waals surface area contributed by atoms with Crippen LogP contribution in [-0.2, 0) is 21.0 Å². The lowest BCUT2D eigenvalue weighted by Crippen LogP contribution is -2.20. The van der Waals surface area contributed by atoms with E-state index in [2.05, 4.69) is 5.16 Å². The van der Waals surface area contributed by atoms with Gasteiger partial charge in [-0.15, -0.1) is 0 Å². The van der Waals surface area contributed by atoms with Crippen molar-refractivity contribution in [1.29, 1.82) is 0 Å². The monoisotopic (exact) mass is 395 g/mol. The summed E-state index contributed by atoms with van der Waals surface area (Å²) in [5, 5.41) is 4.34. The number of carbonyl (C=O) groups is 2. The zero-order valence-corrected chi connectivity index (χ0v) is 15.7. The summed E-state index contributed by atoms with van der Waals surface area (Å²) in [6.45, 7) is 0.0132. The Bertz CT molecular complexity index is 1150. The summed E-state index contributed by atoms with van der Waals surface area (Å²) in [7, 11) is 2.56. The van der Waals surface area contributed by atoms with Crippen LogP contribution < -0.4 is 10.4 Å². The predicted octanol–water partition coefficient (Wildman–Crippen LogP) is 2.71. The van der Waals surface area contributed by atoms with E-state index in [0.29, 0.717) is 22.8 Å². The van der Waals surface area contributed by atoms with Crippen molar-refractivity contribution in [3.8, 4) is 5.75 Å². The molecule has 0 radical (unpaired) electrons. The summed E-state index contributed by atoms with van der Waals surface area (Å²) in [5.74, 6) is -0.430. The number of carbonyl (C=O) groups excluding carboxylic acids is 2. The average molecular weight is 395 g/mol. The minimum Gasteiger partial charge on any atom is -0.488 e. The number of hydrogen-bond acceptors (Lipinski definition) is 8. The first-order valence-electron chi connectivity index (χ1n) is 8.51. The molecule has 0 N–H and O–H groups in total. The summed E-state index contributed by atoms with van der Waals surface area (Å²) < 4.78 is 15.7. The normalized spacial score (nSPS) is 11.2. The number of nitrogens with zero attached hydrogens (tertiary/aromatic N) is 1. The molecular formula is C21H17NO7. The summed E-state index contributed by atoms with van der Waals surface area (Å²) in [6, 6.07) is 13.0. The summed E-state index contributed by atoms with van der Waals surface area (Å²) in [6.07, 6.45) is 0.568. The van der Waals surface area contributed by atoms with E-state index in [1.165, 1.54) is 20.3 Å². The van der Waals surface area contributed by atoms with E-state index >= 15 is 0 Å². The van der Waals surface area contributed by atoms with Crippen molar-refractivity contribution in [2.45, 2.75) is 6.61 Å². The van der Waals surface area contributed by atoms with Gasteiger partial charge in [0.1, 0.15) is 19.5 Å². The number of rotatable bonds is 7. The highest BCUT2D eigenvalue weighted by atomic mass is 16.6. The van der Waals surface area contributed by atoms with Gasteiger partial charge in [-0.1, -0.05) is 29.4 Å². The molecule has 2 aromatic carbocycles. The molecule has 8 nitrogen and oxygen atoms in total.